The van der Waals surface area contributed by atoms with E-state index in [4.69, 9.17) is 5.11 Å². The van der Waals surface area contributed by atoms with Crippen molar-refractivity contribution in [3.63, 3.8) is 0 Å². The summed E-state index contributed by atoms with van der Waals surface area (Å²) in [6.45, 7) is 1.77. The average Bonchev–Trinajstić information content (AvgIpc) is 2.61. The number of H-pyrrole nitrogens is 1. The number of nitrogens with one attached hydrogen (secondary N) is 1. The van der Waals surface area contributed by atoms with Gasteiger partial charge in [-0.2, -0.15) is 0 Å². The molecule has 0 saturated carbocycles. The summed E-state index contributed by atoms with van der Waals surface area (Å²) in [6, 6.07) is 3.55. The van der Waals surface area contributed by atoms with Gasteiger partial charge in [-0.25, -0.2) is 4.79 Å². The van der Waals surface area contributed by atoms with Crippen molar-refractivity contribution in [2.75, 3.05) is 0 Å². The van der Waals surface area contributed by atoms with Crippen molar-refractivity contribution < 1.29 is 9.90 Å². The Kier molecular flexibility index (Phi) is 2.25. The fraction of sp³-hybridized carbons (Fsp3) is 0.0909. The number of aromatic carboxylic acids is 1. The molecule has 0 radical (unpaired) electrons. The van der Waals surface area contributed by atoms with Crippen LogP contribution < -0.4 is 0 Å². The molecule has 0 aliphatic rings. The normalized spacial score (nSPS) is 10.2. The highest BCUT2D eigenvalue weighted by Crippen LogP contribution is 2.24. The quantitative estimate of drug-likeness (QED) is 0.783. The van der Waals surface area contributed by atoms with Crippen LogP contribution in [0.1, 0.15) is 15.9 Å². The molecule has 0 aliphatic heterocycles. The maximum atomic E-state index is 11.0. The van der Waals surface area contributed by atoms with Crippen molar-refractivity contribution in [1.29, 1.82) is 0 Å². The summed E-state index contributed by atoms with van der Waals surface area (Å²) in [5.74, 6) is -0.916. The zero-order valence-electron chi connectivity index (χ0n) is 8.19. The smallest absolute Gasteiger partial charge is 0.338 e. The van der Waals surface area contributed by atoms with E-state index >= 15 is 0 Å². The summed E-state index contributed by atoms with van der Waals surface area (Å²) in [5.41, 5.74) is 2.51. The average molecular weight is 202 g/mol. The van der Waals surface area contributed by atoms with E-state index in [1.807, 2.05) is 0 Å². The fourth-order valence-corrected chi connectivity index (χ4v) is 1.54. The number of nitrogens with zero attached hydrogens (tertiary/aromatic N) is 1. The number of hydrogen-bond acceptors (Lipinski definition) is 2. The SMILES string of the molecule is Cc1c[nH]c(-c2ccncc2)c1C(=O)O. The number of rotatable bonds is 2. The van der Waals surface area contributed by atoms with Crippen LogP contribution in [0, 0.1) is 6.92 Å². The lowest BCUT2D eigenvalue weighted by molar-refractivity contribution is 0.0697. The molecule has 0 bridgehead atoms. The van der Waals surface area contributed by atoms with Crippen LogP contribution in [0.25, 0.3) is 11.3 Å². The Labute approximate surface area is 86.6 Å². The lowest BCUT2D eigenvalue weighted by atomic mass is 10.1. The third-order valence-corrected chi connectivity index (χ3v) is 2.26. The molecule has 0 aliphatic carbocycles. The molecule has 0 atom stereocenters. The number of aromatic amines is 1. The predicted octanol–water partition coefficient (Wildman–Crippen LogP) is 2.08. The zero-order valence-corrected chi connectivity index (χ0v) is 8.19. The number of aromatic nitrogens is 2. The standard InChI is InChI=1S/C11H10N2O2/c1-7-6-13-10(9(7)11(14)15)8-2-4-12-5-3-8/h2-6,13H,1H3,(H,14,15). The highest BCUT2D eigenvalue weighted by molar-refractivity contribution is 5.96. The van der Waals surface area contributed by atoms with Crippen LogP contribution in [0.5, 0.6) is 0 Å². The van der Waals surface area contributed by atoms with E-state index in [-0.39, 0.29) is 0 Å². The maximum Gasteiger partial charge on any atom is 0.338 e. The number of carboxylic acid groups (broad SMARTS) is 1. The van der Waals surface area contributed by atoms with E-state index in [2.05, 4.69) is 9.97 Å². The Balaban J connectivity index is 2.59. The molecule has 0 unspecified atom stereocenters. The molecule has 15 heavy (non-hydrogen) atoms. The van der Waals surface area contributed by atoms with Crippen LogP contribution in [0.3, 0.4) is 0 Å². The third-order valence-electron chi connectivity index (χ3n) is 2.26. The third kappa shape index (κ3) is 1.61. The monoisotopic (exact) mass is 202 g/mol. The molecule has 0 spiro atoms. The Morgan fingerprint density at radius 2 is 2.07 bits per heavy atom. The predicted molar refractivity (Wildman–Crippen MR) is 55.7 cm³/mol. The second kappa shape index (κ2) is 3.57. The van der Waals surface area contributed by atoms with E-state index < -0.39 is 5.97 Å². The first kappa shape index (κ1) is 9.45. The van der Waals surface area contributed by atoms with E-state index in [0.717, 1.165) is 11.1 Å². The summed E-state index contributed by atoms with van der Waals surface area (Å²) >= 11 is 0. The minimum Gasteiger partial charge on any atom is -0.478 e. The second-order valence-corrected chi connectivity index (χ2v) is 3.26. The van der Waals surface area contributed by atoms with E-state index in [1.165, 1.54) is 0 Å². The lowest BCUT2D eigenvalue weighted by Gasteiger charge is -2.00. The van der Waals surface area contributed by atoms with Gasteiger partial charge in [0.2, 0.25) is 0 Å². The van der Waals surface area contributed by atoms with Crippen molar-refractivity contribution in [2.45, 2.75) is 6.92 Å². The minimum atomic E-state index is -0.916. The Morgan fingerprint density at radius 1 is 1.40 bits per heavy atom. The molecule has 0 fully saturated rings. The van der Waals surface area contributed by atoms with Gasteiger partial charge in [0.1, 0.15) is 0 Å². The molecule has 2 heterocycles. The second-order valence-electron chi connectivity index (χ2n) is 3.26. The van der Waals surface area contributed by atoms with Gasteiger partial charge in [-0.3, -0.25) is 4.98 Å². The van der Waals surface area contributed by atoms with Crippen LogP contribution >= 0.6 is 0 Å². The minimum absolute atomic E-state index is 0.321. The van der Waals surface area contributed by atoms with Gasteiger partial charge in [0.15, 0.2) is 0 Å². The number of hydrogen-bond donors (Lipinski definition) is 2. The molecular weight excluding hydrogens is 192 g/mol. The van der Waals surface area contributed by atoms with Gasteiger partial charge in [-0.05, 0) is 24.6 Å². The van der Waals surface area contributed by atoms with Gasteiger partial charge in [0.25, 0.3) is 0 Å². The van der Waals surface area contributed by atoms with Gasteiger partial charge in [-0.15, -0.1) is 0 Å². The highest BCUT2D eigenvalue weighted by atomic mass is 16.4. The Morgan fingerprint density at radius 3 is 2.67 bits per heavy atom. The number of aryl methyl sites for hydroxylation is 1. The molecule has 2 rings (SSSR count). The molecular formula is C11H10N2O2. The van der Waals surface area contributed by atoms with Crippen LogP contribution in [0.2, 0.25) is 0 Å². The Bertz CT molecular complexity index is 489. The molecule has 0 aromatic carbocycles. The van der Waals surface area contributed by atoms with Crippen LogP contribution in [0.15, 0.2) is 30.7 Å². The van der Waals surface area contributed by atoms with Crippen molar-refractivity contribution in [3.8, 4) is 11.3 Å². The molecule has 2 aromatic heterocycles. The summed E-state index contributed by atoms with van der Waals surface area (Å²) in [4.78, 5) is 17.9. The molecule has 2 N–H and O–H groups in total. The molecule has 4 heteroatoms. The maximum absolute atomic E-state index is 11.0. The summed E-state index contributed by atoms with van der Waals surface area (Å²) < 4.78 is 0. The first-order valence-corrected chi connectivity index (χ1v) is 4.52. The summed E-state index contributed by atoms with van der Waals surface area (Å²) in [7, 11) is 0. The summed E-state index contributed by atoms with van der Waals surface area (Å²) in [6.07, 6.45) is 4.97. The molecule has 0 saturated heterocycles. The largest absolute Gasteiger partial charge is 0.478 e. The van der Waals surface area contributed by atoms with Crippen molar-refractivity contribution in [1.82, 2.24) is 9.97 Å². The number of pyridine rings is 1. The first-order valence-electron chi connectivity index (χ1n) is 4.52. The van der Waals surface area contributed by atoms with Gasteiger partial charge < -0.3 is 10.1 Å². The number of carbonyl (C=O) groups is 1. The van der Waals surface area contributed by atoms with Crippen molar-refractivity contribution in [2.24, 2.45) is 0 Å². The Hall–Kier alpha value is -2.10. The topological polar surface area (TPSA) is 66.0 Å². The van der Waals surface area contributed by atoms with Gasteiger partial charge >= 0.3 is 5.97 Å². The van der Waals surface area contributed by atoms with Gasteiger partial charge in [0, 0.05) is 24.2 Å². The molecule has 2 aromatic rings. The van der Waals surface area contributed by atoms with Gasteiger partial charge in [0.05, 0.1) is 11.3 Å². The van der Waals surface area contributed by atoms with E-state index in [1.54, 1.807) is 37.6 Å². The first-order chi connectivity index (χ1) is 7.20. The van der Waals surface area contributed by atoms with Gasteiger partial charge in [-0.1, -0.05) is 0 Å². The fourth-order valence-electron chi connectivity index (χ4n) is 1.54. The van der Waals surface area contributed by atoms with Crippen molar-refractivity contribution in [3.05, 3.63) is 41.9 Å². The summed E-state index contributed by atoms with van der Waals surface area (Å²) in [5, 5.41) is 9.06. The van der Waals surface area contributed by atoms with Crippen molar-refractivity contribution >= 4 is 5.97 Å². The van der Waals surface area contributed by atoms with Crippen LogP contribution in [0.4, 0.5) is 0 Å². The van der Waals surface area contributed by atoms with Crippen LogP contribution in [-0.2, 0) is 0 Å². The molecule has 4 nitrogen and oxygen atoms in total. The highest BCUT2D eigenvalue weighted by Gasteiger charge is 2.15. The van der Waals surface area contributed by atoms with Crippen LogP contribution in [-0.4, -0.2) is 21.0 Å². The molecule has 0 amide bonds. The lowest BCUT2D eigenvalue weighted by Crippen LogP contribution is -1.99. The molecule has 76 valence electrons. The number of carboxylic acids is 1. The zero-order chi connectivity index (χ0) is 10.8. The van der Waals surface area contributed by atoms with E-state index in [9.17, 15) is 4.79 Å². The van der Waals surface area contributed by atoms with E-state index in [0.29, 0.717) is 11.3 Å².